The molecule has 1 aromatic heterocycles. The van der Waals surface area contributed by atoms with Crippen LogP contribution < -0.4 is 4.31 Å². The van der Waals surface area contributed by atoms with Crippen molar-refractivity contribution in [1.29, 1.82) is 0 Å². The molecule has 124 valence electrons. The Morgan fingerprint density at radius 2 is 1.65 bits per heavy atom. The van der Waals surface area contributed by atoms with Crippen LogP contribution >= 0.6 is 11.6 Å². The Morgan fingerprint density at radius 3 is 2.13 bits per heavy atom. The fraction of sp³-hybridized carbons (Fsp3) is 0.154. The second-order valence-corrected chi connectivity index (χ2v) is 6.73. The molecule has 10 heteroatoms. The van der Waals surface area contributed by atoms with E-state index in [-0.39, 0.29) is 5.69 Å². The minimum absolute atomic E-state index is 0.113. The van der Waals surface area contributed by atoms with Crippen molar-refractivity contribution in [3.63, 3.8) is 0 Å². The summed E-state index contributed by atoms with van der Waals surface area (Å²) in [5.74, 6) is -0.561. The van der Waals surface area contributed by atoms with Gasteiger partial charge in [0.2, 0.25) is 0 Å². The van der Waals surface area contributed by atoms with E-state index in [1.165, 1.54) is 12.1 Å². The maximum Gasteiger partial charge on any atom is 0.433 e. The highest BCUT2D eigenvalue weighted by Gasteiger charge is 2.34. The number of hydrogen-bond acceptors (Lipinski definition) is 3. The van der Waals surface area contributed by atoms with Crippen LogP contribution in [0.5, 0.6) is 0 Å². The summed E-state index contributed by atoms with van der Waals surface area (Å²) < 4.78 is 76.1. The Hall–Kier alpha value is -1.87. The number of anilines is 1. The summed E-state index contributed by atoms with van der Waals surface area (Å²) in [7, 11) is -3.09. The molecule has 0 saturated carbocycles. The van der Waals surface area contributed by atoms with Crippen LogP contribution in [0.1, 0.15) is 5.69 Å². The van der Waals surface area contributed by atoms with Gasteiger partial charge in [-0.25, -0.2) is 17.8 Å². The van der Waals surface area contributed by atoms with E-state index in [2.05, 4.69) is 4.98 Å². The van der Waals surface area contributed by atoms with E-state index in [0.717, 1.165) is 29.6 Å². The number of benzene rings is 1. The van der Waals surface area contributed by atoms with Gasteiger partial charge in [0.05, 0.1) is 5.69 Å². The first-order valence-corrected chi connectivity index (χ1v) is 7.83. The van der Waals surface area contributed by atoms with E-state index in [9.17, 15) is 26.0 Å². The molecule has 4 nitrogen and oxygen atoms in total. The maximum atomic E-state index is 12.9. The minimum atomic E-state index is -4.74. The van der Waals surface area contributed by atoms with Gasteiger partial charge in [0.25, 0.3) is 10.0 Å². The molecule has 0 saturated heterocycles. The predicted octanol–water partition coefficient (Wildman–Crippen LogP) is 3.72. The van der Waals surface area contributed by atoms with Crippen molar-refractivity contribution in [2.24, 2.45) is 0 Å². The number of pyridine rings is 1. The van der Waals surface area contributed by atoms with E-state index >= 15 is 0 Å². The molecule has 0 amide bonds. The Kier molecular flexibility index (Phi) is 4.54. The SMILES string of the molecule is CN(c1ccc(F)cc1)S(=O)(=O)c1ccc(C(F)(F)F)nc1Cl. The first-order chi connectivity index (χ1) is 10.5. The van der Waals surface area contributed by atoms with Gasteiger partial charge in [0.1, 0.15) is 21.6 Å². The van der Waals surface area contributed by atoms with Gasteiger partial charge in [-0.2, -0.15) is 13.2 Å². The van der Waals surface area contributed by atoms with Crippen LogP contribution in [0.15, 0.2) is 41.3 Å². The van der Waals surface area contributed by atoms with Crippen LogP contribution in [0.4, 0.5) is 23.2 Å². The molecule has 0 unspecified atom stereocenters. The maximum absolute atomic E-state index is 12.9. The zero-order valence-electron chi connectivity index (χ0n) is 11.5. The third-order valence-corrected chi connectivity index (χ3v) is 5.15. The summed E-state index contributed by atoms with van der Waals surface area (Å²) >= 11 is 5.60. The summed E-state index contributed by atoms with van der Waals surface area (Å²) in [5, 5.41) is -0.797. The second-order valence-electron chi connectivity index (χ2n) is 4.43. The Balaban J connectivity index is 2.45. The van der Waals surface area contributed by atoms with Crippen molar-refractivity contribution in [1.82, 2.24) is 4.98 Å². The number of rotatable bonds is 3. The fourth-order valence-electron chi connectivity index (χ4n) is 1.71. The fourth-order valence-corrected chi connectivity index (χ4v) is 3.35. The standard InChI is InChI=1S/C13H9ClF4N2O2S/c1-20(9-4-2-8(15)3-5-9)23(21,22)10-6-7-11(13(16,17)18)19-12(10)14/h2-7H,1H3. The van der Waals surface area contributed by atoms with Crippen LogP contribution in [-0.2, 0) is 16.2 Å². The zero-order valence-corrected chi connectivity index (χ0v) is 13.0. The molecule has 0 aliphatic heterocycles. The summed E-state index contributed by atoms with van der Waals surface area (Å²) in [6.45, 7) is 0. The molecule has 0 spiro atoms. The highest BCUT2D eigenvalue weighted by atomic mass is 35.5. The van der Waals surface area contributed by atoms with Gasteiger partial charge in [-0.05, 0) is 36.4 Å². The van der Waals surface area contributed by atoms with Crippen molar-refractivity contribution >= 4 is 27.3 Å². The predicted molar refractivity (Wildman–Crippen MR) is 76.2 cm³/mol. The van der Waals surface area contributed by atoms with Crippen molar-refractivity contribution < 1.29 is 26.0 Å². The van der Waals surface area contributed by atoms with Gasteiger partial charge < -0.3 is 0 Å². The largest absolute Gasteiger partial charge is 0.433 e. The molecular formula is C13H9ClF4N2O2S. The molecule has 2 rings (SSSR count). The molecule has 2 aromatic rings. The third-order valence-electron chi connectivity index (χ3n) is 2.93. The van der Waals surface area contributed by atoms with Gasteiger partial charge in [-0.1, -0.05) is 11.6 Å². The average Bonchev–Trinajstić information content (AvgIpc) is 2.46. The molecule has 0 fully saturated rings. The summed E-state index contributed by atoms with van der Waals surface area (Å²) in [6.07, 6.45) is -4.74. The quantitative estimate of drug-likeness (QED) is 0.613. The summed E-state index contributed by atoms with van der Waals surface area (Å²) in [6, 6.07) is 5.77. The van der Waals surface area contributed by atoms with Gasteiger partial charge in [0, 0.05) is 7.05 Å². The molecular weight excluding hydrogens is 360 g/mol. The first-order valence-electron chi connectivity index (χ1n) is 6.02. The van der Waals surface area contributed by atoms with E-state index in [1.54, 1.807) is 0 Å². The molecule has 0 aliphatic rings. The molecule has 0 bridgehead atoms. The lowest BCUT2D eigenvalue weighted by atomic mass is 10.3. The van der Waals surface area contributed by atoms with Gasteiger partial charge in [0.15, 0.2) is 0 Å². The third kappa shape index (κ3) is 3.56. The van der Waals surface area contributed by atoms with Gasteiger partial charge in [-0.15, -0.1) is 0 Å². The normalized spacial score (nSPS) is 12.3. The highest BCUT2D eigenvalue weighted by molar-refractivity contribution is 7.92. The summed E-state index contributed by atoms with van der Waals surface area (Å²) in [4.78, 5) is 2.49. The zero-order chi connectivity index (χ0) is 17.4. The monoisotopic (exact) mass is 368 g/mol. The Labute approximate surface area is 134 Å². The molecule has 0 atom stereocenters. The molecule has 0 radical (unpaired) electrons. The molecule has 1 aromatic carbocycles. The topological polar surface area (TPSA) is 50.3 Å². The summed E-state index contributed by atoms with van der Waals surface area (Å²) in [5.41, 5.74) is -1.19. The van der Waals surface area contributed by atoms with Crippen LogP contribution in [0.3, 0.4) is 0 Å². The first kappa shape index (κ1) is 17.5. The molecule has 23 heavy (non-hydrogen) atoms. The van der Waals surface area contributed by atoms with Crippen molar-refractivity contribution in [2.45, 2.75) is 11.1 Å². The Bertz CT molecular complexity index is 823. The Morgan fingerprint density at radius 1 is 1.09 bits per heavy atom. The number of halogens is 5. The van der Waals surface area contributed by atoms with E-state index < -0.39 is 37.8 Å². The minimum Gasteiger partial charge on any atom is -0.269 e. The average molecular weight is 369 g/mol. The second kappa shape index (κ2) is 5.97. The van der Waals surface area contributed by atoms with Crippen molar-refractivity contribution in [3.8, 4) is 0 Å². The lowest BCUT2D eigenvalue weighted by Crippen LogP contribution is -2.27. The van der Waals surface area contributed by atoms with Gasteiger partial charge in [-0.3, -0.25) is 4.31 Å². The number of sulfonamides is 1. The van der Waals surface area contributed by atoms with E-state index in [1.807, 2.05) is 0 Å². The van der Waals surface area contributed by atoms with Crippen molar-refractivity contribution in [3.05, 3.63) is 53.1 Å². The number of nitrogens with zero attached hydrogens (tertiary/aromatic N) is 2. The molecule has 0 aliphatic carbocycles. The van der Waals surface area contributed by atoms with Crippen molar-refractivity contribution in [2.75, 3.05) is 11.4 Å². The number of alkyl halides is 3. The van der Waals surface area contributed by atoms with Gasteiger partial charge >= 0.3 is 6.18 Å². The number of aromatic nitrogens is 1. The smallest absolute Gasteiger partial charge is 0.269 e. The van der Waals surface area contributed by atoms with Crippen LogP contribution in [0, 0.1) is 5.82 Å². The number of hydrogen-bond donors (Lipinski definition) is 0. The van der Waals surface area contributed by atoms with E-state index in [4.69, 9.17) is 11.6 Å². The van der Waals surface area contributed by atoms with Crippen LogP contribution in [-0.4, -0.2) is 20.4 Å². The molecule has 0 N–H and O–H groups in total. The van der Waals surface area contributed by atoms with Crippen LogP contribution in [0.25, 0.3) is 0 Å². The lowest BCUT2D eigenvalue weighted by Gasteiger charge is -2.20. The van der Waals surface area contributed by atoms with E-state index in [0.29, 0.717) is 6.07 Å². The highest BCUT2D eigenvalue weighted by Crippen LogP contribution is 2.32. The lowest BCUT2D eigenvalue weighted by molar-refractivity contribution is -0.141. The van der Waals surface area contributed by atoms with Crippen LogP contribution in [0.2, 0.25) is 5.15 Å². The molecule has 1 heterocycles.